The molecule has 0 aliphatic carbocycles. The van der Waals surface area contributed by atoms with Gasteiger partial charge >= 0.3 is 0 Å². The van der Waals surface area contributed by atoms with E-state index in [9.17, 15) is 9.90 Å². The maximum Gasteiger partial charge on any atom is 0.0458 e. The molecule has 0 aliphatic heterocycles. The van der Waals surface area contributed by atoms with Crippen LogP contribution < -0.4 is 5.11 Å². The molecule has 0 aliphatic rings. The van der Waals surface area contributed by atoms with Crippen LogP contribution in [0, 0.1) is 0 Å². The summed E-state index contributed by atoms with van der Waals surface area (Å²) in [4.78, 5) is 10.2. The number of hydrogen-bond donors (Lipinski definition) is 0. The largest absolute Gasteiger partial charge is 0.550 e. The van der Waals surface area contributed by atoms with Gasteiger partial charge in [0.2, 0.25) is 0 Å². The van der Waals surface area contributed by atoms with E-state index in [4.69, 9.17) is 11.6 Å². The Morgan fingerprint density at radius 2 is 2.25 bits per heavy atom. The highest BCUT2D eigenvalue weighted by Gasteiger charge is 2.00. The Hall–Kier alpha value is -0.540. The van der Waals surface area contributed by atoms with Gasteiger partial charge in [0.05, 0.1) is 0 Å². The summed E-state index contributed by atoms with van der Waals surface area (Å²) >= 11 is 8.86. The molecule has 0 saturated carbocycles. The summed E-state index contributed by atoms with van der Waals surface area (Å²) in [5, 5.41) is 10.8. The van der Waals surface area contributed by atoms with Gasteiger partial charge in [0.1, 0.15) is 0 Å². The topological polar surface area (TPSA) is 40.1 Å². The van der Waals surface area contributed by atoms with E-state index in [1.54, 1.807) is 18.2 Å². The number of rotatable bonds is 2. The highest BCUT2D eigenvalue weighted by atomic mass is 79.9. The van der Waals surface area contributed by atoms with Crippen LogP contribution in [-0.4, -0.2) is 5.97 Å². The predicted molar refractivity (Wildman–Crippen MR) is 47.9 cm³/mol. The van der Waals surface area contributed by atoms with Gasteiger partial charge in [-0.2, -0.15) is 0 Å². The van der Waals surface area contributed by atoms with Crippen molar-refractivity contribution in [2.75, 3.05) is 0 Å². The number of halogens is 2. The molecular weight excluding hydrogens is 243 g/mol. The minimum atomic E-state index is -1.10. The highest BCUT2D eigenvalue weighted by molar-refractivity contribution is 9.10. The Morgan fingerprint density at radius 1 is 1.58 bits per heavy atom. The molecule has 0 heterocycles. The van der Waals surface area contributed by atoms with Crippen LogP contribution in [0.3, 0.4) is 0 Å². The van der Waals surface area contributed by atoms with Crippen LogP contribution in [0.2, 0.25) is 5.02 Å². The van der Waals surface area contributed by atoms with Gasteiger partial charge in [-0.3, -0.25) is 0 Å². The van der Waals surface area contributed by atoms with E-state index in [0.29, 0.717) is 15.1 Å². The van der Waals surface area contributed by atoms with Gasteiger partial charge in [-0.25, -0.2) is 0 Å². The molecule has 64 valence electrons. The fraction of sp³-hybridized carbons (Fsp3) is 0.125. The van der Waals surface area contributed by atoms with Crippen molar-refractivity contribution >= 4 is 33.5 Å². The zero-order valence-electron chi connectivity index (χ0n) is 6.01. The molecule has 0 N–H and O–H groups in total. The van der Waals surface area contributed by atoms with Gasteiger partial charge in [0.25, 0.3) is 0 Å². The molecule has 0 unspecified atom stereocenters. The standard InChI is InChI=1S/C8H6BrClO2/c9-7-4-6(10)2-1-5(7)3-8(11)12/h1-2,4H,3H2,(H,11,12)/p-1. The summed E-state index contributed by atoms with van der Waals surface area (Å²) in [6.07, 6.45) is -0.0995. The summed E-state index contributed by atoms with van der Waals surface area (Å²) in [5.74, 6) is -1.10. The second-order valence-corrected chi connectivity index (χ2v) is 3.58. The van der Waals surface area contributed by atoms with Gasteiger partial charge in [-0.1, -0.05) is 33.6 Å². The fourth-order valence-electron chi connectivity index (χ4n) is 0.821. The van der Waals surface area contributed by atoms with Crippen LogP contribution in [0.5, 0.6) is 0 Å². The number of carbonyl (C=O) groups is 1. The summed E-state index contributed by atoms with van der Waals surface area (Å²) in [6.45, 7) is 0. The van der Waals surface area contributed by atoms with Crippen molar-refractivity contribution in [3.63, 3.8) is 0 Å². The molecule has 0 amide bonds. The van der Waals surface area contributed by atoms with E-state index < -0.39 is 5.97 Å². The highest BCUT2D eigenvalue weighted by Crippen LogP contribution is 2.21. The third-order valence-corrected chi connectivity index (χ3v) is 2.32. The number of benzene rings is 1. The number of carbonyl (C=O) groups excluding carboxylic acids is 1. The number of aliphatic carboxylic acids is 1. The fourth-order valence-corrected chi connectivity index (χ4v) is 1.64. The molecule has 1 aromatic carbocycles. The second kappa shape index (κ2) is 3.92. The molecule has 0 saturated heterocycles. The van der Waals surface area contributed by atoms with Crippen molar-refractivity contribution in [2.24, 2.45) is 0 Å². The number of carboxylic acid groups (broad SMARTS) is 1. The van der Waals surface area contributed by atoms with Gasteiger partial charge in [0.15, 0.2) is 0 Å². The Morgan fingerprint density at radius 3 is 2.75 bits per heavy atom. The van der Waals surface area contributed by atoms with E-state index in [1.165, 1.54) is 0 Å². The first-order valence-electron chi connectivity index (χ1n) is 3.23. The lowest BCUT2D eigenvalue weighted by atomic mass is 10.2. The minimum absolute atomic E-state index is 0.0995. The lowest BCUT2D eigenvalue weighted by molar-refractivity contribution is -0.304. The lowest BCUT2D eigenvalue weighted by Gasteiger charge is -2.04. The van der Waals surface area contributed by atoms with Crippen molar-refractivity contribution in [3.05, 3.63) is 33.3 Å². The summed E-state index contributed by atoms with van der Waals surface area (Å²) in [7, 11) is 0. The molecule has 0 aromatic heterocycles. The third-order valence-electron chi connectivity index (χ3n) is 1.35. The molecular formula is C8H5BrClO2-. The van der Waals surface area contributed by atoms with Gasteiger partial charge in [-0.05, 0) is 17.7 Å². The van der Waals surface area contributed by atoms with Crippen LogP contribution >= 0.6 is 27.5 Å². The Bertz CT molecular complexity index is 312. The number of hydrogen-bond acceptors (Lipinski definition) is 2. The van der Waals surface area contributed by atoms with Gasteiger partial charge in [-0.15, -0.1) is 0 Å². The van der Waals surface area contributed by atoms with Crippen LogP contribution in [-0.2, 0) is 11.2 Å². The third kappa shape index (κ3) is 2.50. The summed E-state index contributed by atoms with van der Waals surface area (Å²) in [5.41, 5.74) is 0.666. The van der Waals surface area contributed by atoms with E-state index in [0.717, 1.165) is 0 Å². The molecule has 12 heavy (non-hydrogen) atoms. The van der Waals surface area contributed by atoms with Crippen LogP contribution in [0.4, 0.5) is 0 Å². The average Bonchev–Trinajstić information content (AvgIpc) is 1.94. The van der Waals surface area contributed by atoms with Crippen molar-refractivity contribution in [1.82, 2.24) is 0 Å². The maximum absolute atomic E-state index is 10.2. The van der Waals surface area contributed by atoms with Gasteiger partial charge < -0.3 is 9.90 Å². The first-order valence-corrected chi connectivity index (χ1v) is 4.40. The molecule has 0 bridgehead atoms. The quantitative estimate of drug-likeness (QED) is 0.794. The van der Waals surface area contributed by atoms with Gasteiger partial charge in [0, 0.05) is 21.9 Å². The monoisotopic (exact) mass is 247 g/mol. The average molecular weight is 248 g/mol. The zero-order valence-corrected chi connectivity index (χ0v) is 8.35. The number of carboxylic acids is 1. The predicted octanol–water partition coefficient (Wildman–Crippen LogP) is 1.39. The zero-order chi connectivity index (χ0) is 9.14. The molecule has 1 rings (SSSR count). The SMILES string of the molecule is O=C([O-])Cc1ccc(Cl)cc1Br. The van der Waals surface area contributed by atoms with Crippen LogP contribution in [0.15, 0.2) is 22.7 Å². The normalized spacial score (nSPS) is 9.83. The summed E-state index contributed by atoms with van der Waals surface area (Å²) in [6, 6.07) is 4.95. The van der Waals surface area contributed by atoms with Crippen molar-refractivity contribution in [1.29, 1.82) is 0 Å². The Kier molecular flexibility index (Phi) is 3.12. The molecule has 0 fully saturated rings. The molecule has 4 heteroatoms. The first kappa shape index (κ1) is 9.55. The van der Waals surface area contributed by atoms with E-state index in [1.807, 2.05) is 0 Å². The molecule has 1 aromatic rings. The van der Waals surface area contributed by atoms with E-state index in [2.05, 4.69) is 15.9 Å². The first-order chi connectivity index (χ1) is 5.59. The van der Waals surface area contributed by atoms with Crippen LogP contribution in [0.25, 0.3) is 0 Å². The molecule has 0 atom stereocenters. The minimum Gasteiger partial charge on any atom is -0.550 e. The smallest absolute Gasteiger partial charge is 0.0458 e. The molecule has 0 radical (unpaired) electrons. The van der Waals surface area contributed by atoms with E-state index >= 15 is 0 Å². The van der Waals surface area contributed by atoms with Crippen molar-refractivity contribution in [3.8, 4) is 0 Å². The van der Waals surface area contributed by atoms with Crippen molar-refractivity contribution < 1.29 is 9.90 Å². The molecule has 0 spiro atoms. The maximum atomic E-state index is 10.2. The second-order valence-electron chi connectivity index (χ2n) is 2.28. The summed E-state index contributed by atoms with van der Waals surface area (Å²) < 4.78 is 0.694. The molecule has 2 nitrogen and oxygen atoms in total. The Labute approximate surface area is 83.3 Å². The van der Waals surface area contributed by atoms with Crippen molar-refractivity contribution in [2.45, 2.75) is 6.42 Å². The lowest BCUT2D eigenvalue weighted by Crippen LogP contribution is -2.24. The van der Waals surface area contributed by atoms with E-state index in [-0.39, 0.29) is 6.42 Å². The van der Waals surface area contributed by atoms with Crippen LogP contribution in [0.1, 0.15) is 5.56 Å². The Balaban J connectivity index is 2.93.